The molecule has 0 saturated carbocycles. The van der Waals surface area contributed by atoms with Crippen LogP contribution in [0, 0.1) is 0 Å². The van der Waals surface area contributed by atoms with Crippen LogP contribution in [0.2, 0.25) is 0 Å². The van der Waals surface area contributed by atoms with E-state index in [1.807, 2.05) is 0 Å². The number of benzene rings is 2. The number of hydrogen-bond donors (Lipinski definition) is 1. The van der Waals surface area contributed by atoms with Crippen LogP contribution in [-0.2, 0) is 0 Å². The first-order chi connectivity index (χ1) is 11.9. The van der Waals surface area contributed by atoms with Gasteiger partial charge >= 0.3 is 0 Å². The SMILES string of the molecule is C1=C2/C(c3ccccc3)=NNC(c3ccccc3)=C2CCCCC/1. The molecule has 1 aliphatic carbocycles. The summed E-state index contributed by atoms with van der Waals surface area (Å²) in [6.07, 6.45) is 8.44. The molecule has 4 rings (SSSR count). The maximum absolute atomic E-state index is 4.75. The molecular weight excluding hydrogens is 292 g/mol. The molecule has 0 saturated heterocycles. The third-order valence-corrected chi connectivity index (χ3v) is 4.75. The highest BCUT2D eigenvalue weighted by Crippen LogP contribution is 2.34. The van der Waals surface area contributed by atoms with E-state index in [-0.39, 0.29) is 0 Å². The smallest absolute Gasteiger partial charge is 0.0978 e. The van der Waals surface area contributed by atoms with Crippen LogP contribution in [0.15, 0.2) is 83.0 Å². The zero-order chi connectivity index (χ0) is 16.2. The second-order valence-corrected chi connectivity index (χ2v) is 6.37. The van der Waals surface area contributed by atoms with Gasteiger partial charge in [0.2, 0.25) is 0 Å². The molecule has 0 bridgehead atoms. The van der Waals surface area contributed by atoms with E-state index in [9.17, 15) is 0 Å². The summed E-state index contributed by atoms with van der Waals surface area (Å²) >= 11 is 0. The van der Waals surface area contributed by atoms with Crippen LogP contribution < -0.4 is 5.43 Å². The number of hydrogen-bond acceptors (Lipinski definition) is 2. The molecule has 0 fully saturated rings. The molecule has 0 radical (unpaired) electrons. The summed E-state index contributed by atoms with van der Waals surface area (Å²) in [4.78, 5) is 0. The van der Waals surface area contributed by atoms with Crippen LogP contribution in [0.1, 0.15) is 43.2 Å². The summed E-state index contributed by atoms with van der Waals surface area (Å²) in [5.74, 6) is 0. The second kappa shape index (κ2) is 6.88. The lowest BCUT2D eigenvalue weighted by Gasteiger charge is -2.26. The van der Waals surface area contributed by atoms with Crippen LogP contribution >= 0.6 is 0 Å². The standard InChI is InChI=1S/C22H22N2/c1-2-10-16-20-19(15-9-1)21(17-11-5-3-6-12-17)23-24-22(20)18-13-7-4-8-14-18/h3-8,11-15,24H,1-2,9-10,16H2/b19-15+. The average molecular weight is 314 g/mol. The van der Waals surface area contributed by atoms with Crippen LogP contribution in [0.5, 0.6) is 0 Å². The van der Waals surface area contributed by atoms with Gasteiger partial charge in [-0.2, -0.15) is 5.10 Å². The Kier molecular flexibility index (Phi) is 4.28. The van der Waals surface area contributed by atoms with Crippen LogP contribution in [0.4, 0.5) is 0 Å². The van der Waals surface area contributed by atoms with Crippen molar-refractivity contribution in [1.82, 2.24) is 5.43 Å². The third-order valence-electron chi connectivity index (χ3n) is 4.75. The minimum absolute atomic E-state index is 1.08. The number of allylic oxidation sites excluding steroid dienone is 3. The Morgan fingerprint density at radius 2 is 1.46 bits per heavy atom. The summed E-state index contributed by atoms with van der Waals surface area (Å²) in [7, 11) is 0. The fourth-order valence-corrected chi connectivity index (χ4v) is 3.53. The largest absolute Gasteiger partial charge is 0.277 e. The van der Waals surface area contributed by atoms with Gasteiger partial charge in [0.15, 0.2) is 0 Å². The average Bonchev–Trinajstić information content (AvgIpc) is 2.63. The van der Waals surface area contributed by atoms with Gasteiger partial charge in [-0.05, 0) is 36.8 Å². The number of rotatable bonds is 2. The lowest BCUT2D eigenvalue weighted by atomic mass is 9.86. The summed E-state index contributed by atoms with van der Waals surface area (Å²) < 4.78 is 0. The summed E-state index contributed by atoms with van der Waals surface area (Å²) in [6, 6.07) is 21.1. The van der Waals surface area contributed by atoms with Crippen molar-refractivity contribution in [3.8, 4) is 0 Å². The fraction of sp³-hybridized carbons (Fsp3) is 0.227. The van der Waals surface area contributed by atoms with Crippen molar-refractivity contribution in [2.24, 2.45) is 5.10 Å². The van der Waals surface area contributed by atoms with Gasteiger partial charge in [-0.25, -0.2) is 0 Å². The minimum atomic E-state index is 1.08. The number of hydrazone groups is 1. The Hall–Kier alpha value is -2.61. The summed E-state index contributed by atoms with van der Waals surface area (Å²) in [6.45, 7) is 0. The van der Waals surface area contributed by atoms with Gasteiger partial charge in [0.1, 0.15) is 0 Å². The van der Waals surface area contributed by atoms with Crippen LogP contribution in [-0.4, -0.2) is 5.71 Å². The van der Waals surface area contributed by atoms with Gasteiger partial charge in [0, 0.05) is 11.1 Å². The molecule has 0 amide bonds. The van der Waals surface area contributed by atoms with E-state index in [4.69, 9.17) is 5.10 Å². The molecule has 2 aliphatic rings. The third kappa shape index (κ3) is 2.92. The molecule has 1 heterocycles. The number of nitrogens with zero attached hydrogens (tertiary/aromatic N) is 1. The van der Waals surface area contributed by atoms with E-state index in [2.05, 4.69) is 72.2 Å². The molecule has 1 N–H and O–H groups in total. The van der Waals surface area contributed by atoms with E-state index in [1.54, 1.807) is 0 Å². The van der Waals surface area contributed by atoms with E-state index in [1.165, 1.54) is 47.2 Å². The minimum Gasteiger partial charge on any atom is -0.277 e. The zero-order valence-corrected chi connectivity index (χ0v) is 13.8. The maximum atomic E-state index is 4.75. The van der Waals surface area contributed by atoms with Crippen molar-refractivity contribution in [3.05, 3.63) is 89.0 Å². The van der Waals surface area contributed by atoms with Gasteiger partial charge in [0.05, 0.1) is 11.4 Å². The summed E-state index contributed by atoms with van der Waals surface area (Å²) in [5, 5.41) is 4.75. The highest BCUT2D eigenvalue weighted by atomic mass is 15.3. The van der Waals surface area contributed by atoms with Gasteiger partial charge in [0.25, 0.3) is 0 Å². The summed E-state index contributed by atoms with van der Waals surface area (Å²) in [5.41, 5.74) is 10.7. The van der Waals surface area contributed by atoms with Gasteiger partial charge in [-0.3, -0.25) is 5.43 Å². The van der Waals surface area contributed by atoms with Gasteiger partial charge in [-0.1, -0.05) is 73.2 Å². The molecule has 24 heavy (non-hydrogen) atoms. The lowest BCUT2D eigenvalue weighted by molar-refractivity contribution is 0.673. The van der Waals surface area contributed by atoms with E-state index < -0.39 is 0 Å². The normalized spacial score (nSPS) is 20.0. The Morgan fingerprint density at radius 3 is 2.21 bits per heavy atom. The predicted molar refractivity (Wildman–Crippen MR) is 101 cm³/mol. The molecule has 1 aliphatic heterocycles. The van der Waals surface area contributed by atoms with E-state index in [0.717, 1.165) is 18.6 Å². The molecule has 0 atom stereocenters. The van der Waals surface area contributed by atoms with E-state index >= 15 is 0 Å². The van der Waals surface area contributed by atoms with Crippen molar-refractivity contribution in [2.45, 2.75) is 32.1 Å². The van der Waals surface area contributed by atoms with Crippen molar-refractivity contribution in [1.29, 1.82) is 0 Å². The molecule has 120 valence electrons. The zero-order valence-electron chi connectivity index (χ0n) is 13.8. The Balaban J connectivity index is 1.82. The molecule has 0 unspecified atom stereocenters. The molecule has 2 aromatic carbocycles. The molecular formula is C22H22N2. The fourth-order valence-electron chi connectivity index (χ4n) is 3.53. The maximum Gasteiger partial charge on any atom is 0.0978 e. The Bertz CT molecular complexity index is 798. The van der Waals surface area contributed by atoms with Crippen molar-refractivity contribution < 1.29 is 0 Å². The number of fused-ring (bicyclic) bond motifs is 1. The Morgan fingerprint density at radius 1 is 0.750 bits per heavy atom. The first-order valence-corrected chi connectivity index (χ1v) is 8.82. The second-order valence-electron chi connectivity index (χ2n) is 6.37. The lowest BCUT2D eigenvalue weighted by Crippen LogP contribution is -2.23. The van der Waals surface area contributed by atoms with Crippen molar-refractivity contribution in [2.75, 3.05) is 0 Å². The number of nitrogens with one attached hydrogen (secondary N) is 1. The van der Waals surface area contributed by atoms with Gasteiger partial charge < -0.3 is 0 Å². The first kappa shape index (κ1) is 14.9. The van der Waals surface area contributed by atoms with Gasteiger partial charge in [-0.15, -0.1) is 0 Å². The van der Waals surface area contributed by atoms with Crippen LogP contribution in [0.3, 0.4) is 0 Å². The monoisotopic (exact) mass is 314 g/mol. The van der Waals surface area contributed by atoms with Crippen molar-refractivity contribution in [3.63, 3.8) is 0 Å². The highest BCUT2D eigenvalue weighted by Gasteiger charge is 2.23. The quantitative estimate of drug-likeness (QED) is 0.799. The molecule has 2 nitrogen and oxygen atoms in total. The molecule has 0 spiro atoms. The molecule has 0 aromatic heterocycles. The van der Waals surface area contributed by atoms with Crippen molar-refractivity contribution >= 4 is 11.4 Å². The van der Waals surface area contributed by atoms with E-state index in [0.29, 0.717) is 0 Å². The predicted octanol–water partition coefficient (Wildman–Crippen LogP) is 5.30. The first-order valence-electron chi connectivity index (χ1n) is 8.82. The Labute approximate surface area is 143 Å². The van der Waals surface area contributed by atoms with Crippen LogP contribution in [0.25, 0.3) is 5.70 Å². The molecule has 2 aromatic rings. The molecule has 2 heteroatoms. The topological polar surface area (TPSA) is 24.4 Å². The highest BCUT2D eigenvalue weighted by molar-refractivity contribution is 6.17.